The molecule has 0 radical (unpaired) electrons. The molecule has 3 amide bonds. The molecule has 2 heterocycles. The van der Waals surface area contributed by atoms with E-state index in [4.69, 9.17) is 5.73 Å². The molecular weight excluding hydrogens is 368 g/mol. The Morgan fingerprint density at radius 3 is 2.56 bits per heavy atom. The molecule has 0 aromatic heterocycles. The normalized spacial score (nSPS) is 18.8. The molecule has 1 saturated heterocycles. The number of fused-ring (bicyclic) bond motifs is 1. The number of halogens is 1. The van der Waals surface area contributed by atoms with Crippen molar-refractivity contribution >= 4 is 35.8 Å². The number of benzene rings is 1. The number of nitrogens with zero attached hydrogens (tertiary/aromatic N) is 1. The number of hydrogen-bond donors (Lipinski definition) is 3. The van der Waals surface area contributed by atoms with Crippen LogP contribution in [0.3, 0.4) is 0 Å². The molecule has 2 atom stereocenters. The molecule has 1 aromatic carbocycles. The first-order chi connectivity index (χ1) is 12.3. The molecule has 0 saturated carbocycles. The van der Waals surface area contributed by atoms with Gasteiger partial charge in [-0.15, -0.1) is 12.4 Å². The average Bonchev–Trinajstić information content (AvgIpc) is 3.00. The topological polar surface area (TPSA) is 105 Å². The number of likely N-dealkylation sites (tertiary alicyclic amines) is 1. The zero-order chi connectivity index (χ0) is 18.8. The van der Waals surface area contributed by atoms with Crippen molar-refractivity contribution < 1.29 is 14.4 Å². The molecule has 1 unspecified atom stereocenters. The van der Waals surface area contributed by atoms with E-state index < -0.39 is 6.04 Å². The van der Waals surface area contributed by atoms with E-state index in [0.29, 0.717) is 31.0 Å². The molecule has 0 bridgehead atoms. The number of hydrogen-bond acceptors (Lipinski definition) is 4. The summed E-state index contributed by atoms with van der Waals surface area (Å²) in [4.78, 5) is 37.7. The molecule has 4 N–H and O–H groups in total. The van der Waals surface area contributed by atoms with Crippen LogP contribution < -0.4 is 16.4 Å². The van der Waals surface area contributed by atoms with E-state index in [2.05, 4.69) is 10.6 Å². The van der Waals surface area contributed by atoms with Crippen molar-refractivity contribution in [3.8, 4) is 0 Å². The van der Waals surface area contributed by atoms with Crippen molar-refractivity contribution in [3.63, 3.8) is 0 Å². The van der Waals surface area contributed by atoms with Crippen LogP contribution in [0.2, 0.25) is 0 Å². The fraction of sp³-hybridized carbons (Fsp3) is 0.526. The quantitative estimate of drug-likeness (QED) is 0.716. The number of carbonyl (C=O) groups is 3. The minimum atomic E-state index is -0.468. The van der Waals surface area contributed by atoms with Gasteiger partial charge in [0.2, 0.25) is 11.8 Å². The number of nitrogens with one attached hydrogen (secondary N) is 2. The molecule has 3 rings (SSSR count). The SMILES string of the molecule is CC(NC(=O)c1ccc2c(c1)CC(=O)N2)C1CCN(C(=O)[C@H](C)N)CC1.Cl. The van der Waals surface area contributed by atoms with E-state index in [9.17, 15) is 14.4 Å². The van der Waals surface area contributed by atoms with Crippen LogP contribution >= 0.6 is 12.4 Å². The Balaban J connectivity index is 0.00000261. The zero-order valence-corrected chi connectivity index (χ0v) is 16.5. The summed E-state index contributed by atoms with van der Waals surface area (Å²) in [6.45, 7) is 5.07. The lowest BCUT2D eigenvalue weighted by molar-refractivity contribution is -0.133. The van der Waals surface area contributed by atoms with Gasteiger partial charge in [0, 0.05) is 30.4 Å². The smallest absolute Gasteiger partial charge is 0.251 e. The van der Waals surface area contributed by atoms with E-state index in [1.807, 2.05) is 6.92 Å². The minimum absolute atomic E-state index is 0. The summed E-state index contributed by atoms with van der Waals surface area (Å²) >= 11 is 0. The van der Waals surface area contributed by atoms with Crippen LogP contribution in [-0.4, -0.2) is 47.8 Å². The largest absolute Gasteiger partial charge is 0.349 e. The van der Waals surface area contributed by atoms with Crippen LogP contribution in [0.15, 0.2) is 18.2 Å². The molecule has 148 valence electrons. The number of carbonyl (C=O) groups excluding carboxylic acids is 3. The Morgan fingerprint density at radius 2 is 1.93 bits per heavy atom. The molecule has 2 aliphatic rings. The Morgan fingerprint density at radius 1 is 1.26 bits per heavy atom. The Hall–Kier alpha value is -2.12. The Labute approximate surface area is 165 Å². The van der Waals surface area contributed by atoms with E-state index >= 15 is 0 Å². The van der Waals surface area contributed by atoms with E-state index in [1.54, 1.807) is 30.0 Å². The van der Waals surface area contributed by atoms with Gasteiger partial charge >= 0.3 is 0 Å². The summed E-state index contributed by atoms with van der Waals surface area (Å²) in [6, 6.07) is 4.83. The molecule has 2 aliphatic heterocycles. The van der Waals surface area contributed by atoms with Crippen molar-refractivity contribution in [1.82, 2.24) is 10.2 Å². The predicted octanol–water partition coefficient (Wildman–Crippen LogP) is 1.31. The second kappa shape index (κ2) is 8.71. The molecule has 8 heteroatoms. The molecule has 27 heavy (non-hydrogen) atoms. The highest BCUT2D eigenvalue weighted by atomic mass is 35.5. The first kappa shape index (κ1) is 21.2. The van der Waals surface area contributed by atoms with Gasteiger partial charge in [0.1, 0.15) is 0 Å². The van der Waals surface area contributed by atoms with Crippen molar-refractivity contribution in [2.24, 2.45) is 11.7 Å². The van der Waals surface area contributed by atoms with E-state index in [0.717, 1.165) is 24.1 Å². The number of rotatable bonds is 4. The molecule has 7 nitrogen and oxygen atoms in total. The first-order valence-corrected chi connectivity index (χ1v) is 9.13. The maximum absolute atomic E-state index is 12.5. The molecule has 0 spiro atoms. The summed E-state index contributed by atoms with van der Waals surface area (Å²) in [5.41, 5.74) is 7.87. The monoisotopic (exact) mass is 394 g/mol. The third kappa shape index (κ3) is 4.78. The van der Waals surface area contributed by atoms with Crippen molar-refractivity contribution in [2.75, 3.05) is 18.4 Å². The lowest BCUT2D eigenvalue weighted by Crippen LogP contribution is -2.49. The van der Waals surface area contributed by atoms with Gasteiger partial charge in [0.25, 0.3) is 5.91 Å². The highest BCUT2D eigenvalue weighted by molar-refractivity contribution is 6.01. The van der Waals surface area contributed by atoms with E-state index in [-0.39, 0.29) is 36.2 Å². The summed E-state index contributed by atoms with van der Waals surface area (Å²) in [5, 5.41) is 5.83. The number of piperidine rings is 1. The third-order valence-electron chi connectivity index (χ3n) is 5.30. The van der Waals surface area contributed by atoms with Crippen LogP contribution in [0.1, 0.15) is 42.6 Å². The third-order valence-corrected chi connectivity index (χ3v) is 5.30. The summed E-state index contributed by atoms with van der Waals surface area (Å²) in [5.74, 6) is 0.142. The molecule has 0 aliphatic carbocycles. The van der Waals surface area contributed by atoms with Gasteiger partial charge < -0.3 is 21.3 Å². The zero-order valence-electron chi connectivity index (χ0n) is 15.7. The van der Waals surface area contributed by atoms with Gasteiger partial charge in [-0.25, -0.2) is 0 Å². The number of anilines is 1. The fourth-order valence-corrected chi connectivity index (χ4v) is 3.69. The summed E-state index contributed by atoms with van der Waals surface area (Å²) < 4.78 is 0. The van der Waals surface area contributed by atoms with Gasteiger partial charge in [-0.1, -0.05) is 0 Å². The van der Waals surface area contributed by atoms with Gasteiger partial charge in [-0.2, -0.15) is 0 Å². The van der Waals surface area contributed by atoms with Crippen LogP contribution in [0, 0.1) is 5.92 Å². The van der Waals surface area contributed by atoms with Gasteiger partial charge in [-0.05, 0) is 56.4 Å². The van der Waals surface area contributed by atoms with Gasteiger partial charge in [-0.3, -0.25) is 14.4 Å². The fourth-order valence-electron chi connectivity index (χ4n) is 3.69. The highest BCUT2D eigenvalue weighted by Gasteiger charge is 2.28. The standard InChI is InChI=1S/C19H26N4O3.ClH/c1-11(20)19(26)23-7-5-13(6-8-23)12(2)21-18(25)14-3-4-16-15(9-14)10-17(24)22-16;/h3-4,9,11-13H,5-8,10,20H2,1-2H3,(H,21,25)(H,22,24);1H/t11-,12?;/m0./s1. The summed E-state index contributed by atoms with van der Waals surface area (Å²) in [6.07, 6.45) is 2.02. The van der Waals surface area contributed by atoms with Crippen LogP contribution in [0.5, 0.6) is 0 Å². The van der Waals surface area contributed by atoms with Crippen LogP contribution in [0.4, 0.5) is 5.69 Å². The second-order valence-electron chi connectivity index (χ2n) is 7.31. The number of amides is 3. The Kier molecular flexibility index (Phi) is 6.84. The van der Waals surface area contributed by atoms with Crippen LogP contribution in [0.25, 0.3) is 0 Å². The maximum atomic E-state index is 12.5. The van der Waals surface area contributed by atoms with Crippen molar-refractivity contribution in [2.45, 2.75) is 45.2 Å². The molecule has 1 fully saturated rings. The second-order valence-corrected chi connectivity index (χ2v) is 7.31. The van der Waals surface area contributed by atoms with Gasteiger partial charge in [0.05, 0.1) is 12.5 Å². The van der Waals surface area contributed by atoms with Crippen molar-refractivity contribution in [1.29, 1.82) is 0 Å². The van der Waals surface area contributed by atoms with Crippen LogP contribution in [-0.2, 0) is 16.0 Å². The summed E-state index contributed by atoms with van der Waals surface area (Å²) in [7, 11) is 0. The average molecular weight is 395 g/mol. The maximum Gasteiger partial charge on any atom is 0.251 e. The minimum Gasteiger partial charge on any atom is -0.349 e. The predicted molar refractivity (Wildman–Crippen MR) is 106 cm³/mol. The lowest BCUT2D eigenvalue weighted by Gasteiger charge is -2.35. The molecule has 1 aromatic rings. The first-order valence-electron chi connectivity index (χ1n) is 9.13. The highest BCUT2D eigenvalue weighted by Crippen LogP contribution is 2.25. The Bertz CT molecular complexity index is 730. The number of nitrogens with two attached hydrogens (primary N) is 1. The van der Waals surface area contributed by atoms with Crippen molar-refractivity contribution in [3.05, 3.63) is 29.3 Å². The molecular formula is C19H27ClN4O3. The van der Waals surface area contributed by atoms with E-state index in [1.165, 1.54) is 0 Å². The lowest BCUT2D eigenvalue weighted by atomic mass is 9.90. The van der Waals surface area contributed by atoms with Gasteiger partial charge in [0.15, 0.2) is 0 Å².